The number of carbonyl (C=O) groups excluding carboxylic acids is 1. The predicted octanol–water partition coefficient (Wildman–Crippen LogP) is 3.34. The standard InChI is InChI=1S/C12H15BrFNO2/c1-2-3-6-17-12(16)8-15-11-5-4-9(13)7-10(11)14/h4-5,7,15H,2-3,6,8H2,1H3. The van der Waals surface area contributed by atoms with Crippen LogP contribution in [0.25, 0.3) is 0 Å². The van der Waals surface area contributed by atoms with Crippen LogP contribution in [-0.4, -0.2) is 19.1 Å². The second kappa shape index (κ2) is 7.27. The molecule has 0 saturated heterocycles. The van der Waals surface area contributed by atoms with Gasteiger partial charge >= 0.3 is 5.97 Å². The molecule has 3 nitrogen and oxygen atoms in total. The van der Waals surface area contributed by atoms with Crippen molar-refractivity contribution in [2.45, 2.75) is 19.8 Å². The molecule has 0 amide bonds. The van der Waals surface area contributed by atoms with Crippen molar-refractivity contribution < 1.29 is 13.9 Å². The van der Waals surface area contributed by atoms with Crippen LogP contribution < -0.4 is 5.32 Å². The van der Waals surface area contributed by atoms with Crippen LogP contribution >= 0.6 is 15.9 Å². The molecule has 0 unspecified atom stereocenters. The molecule has 0 aliphatic heterocycles. The van der Waals surface area contributed by atoms with E-state index in [1.165, 1.54) is 6.07 Å². The van der Waals surface area contributed by atoms with Crippen molar-refractivity contribution in [2.24, 2.45) is 0 Å². The van der Waals surface area contributed by atoms with Gasteiger partial charge in [0, 0.05) is 4.47 Å². The molecular weight excluding hydrogens is 289 g/mol. The molecule has 94 valence electrons. The highest BCUT2D eigenvalue weighted by Gasteiger charge is 2.06. The van der Waals surface area contributed by atoms with Crippen LogP contribution in [0.3, 0.4) is 0 Å². The molecule has 1 aromatic rings. The summed E-state index contributed by atoms with van der Waals surface area (Å²) in [5.41, 5.74) is 0.292. The van der Waals surface area contributed by atoms with E-state index in [9.17, 15) is 9.18 Å². The molecule has 1 rings (SSSR count). The van der Waals surface area contributed by atoms with Crippen molar-refractivity contribution in [3.63, 3.8) is 0 Å². The third-order valence-electron chi connectivity index (χ3n) is 2.12. The SMILES string of the molecule is CCCCOC(=O)CNc1ccc(Br)cc1F. The van der Waals surface area contributed by atoms with Gasteiger partial charge in [0.2, 0.25) is 0 Å². The normalized spacial score (nSPS) is 10.1. The Morgan fingerprint density at radius 2 is 2.29 bits per heavy atom. The minimum atomic E-state index is -0.402. The smallest absolute Gasteiger partial charge is 0.325 e. The molecule has 0 bridgehead atoms. The molecule has 0 heterocycles. The van der Waals surface area contributed by atoms with Crippen LogP contribution in [0.1, 0.15) is 19.8 Å². The summed E-state index contributed by atoms with van der Waals surface area (Å²) in [6.07, 6.45) is 1.82. The highest BCUT2D eigenvalue weighted by atomic mass is 79.9. The second-order valence-electron chi connectivity index (χ2n) is 3.55. The van der Waals surface area contributed by atoms with Crippen molar-refractivity contribution in [1.29, 1.82) is 0 Å². The fourth-order valence-corrected chi connectivity index (χ4v) is 1.51. The summed E-state index contributed by atoms with van der Waals surface area (Å²) in [6, 6.07) is 4.61. The van der Waals surface area contributed by atoms with Gasteiger partial charge in [0.05, 0.1) is 12.3 Å². The monoisotopic (exact) mass is 303 g/mol. The molecule has 1 N–H and O–H groups in total. The van der Waals surface area contributed by atoms with Gasteiger partial charge in [-0.3, -0.25) is 4.79 Å². The van der Waals surface area contributed by atoms with Gasteiger partial charge in [-0.25, -0.2) is 4.39 Å². The van der Waals surface area contributed by atoms with E-state index in [0.29, 0.717) is 16.8 Å². The van der Waals surface area contributed by atoms with Crippen LogP contribution in [0.15, 0.2) is 22.7 Å². The summed E-state index contributed by atoms with van der Waals surface area (Å²) in [6.45, 7) is 2.41. The molecule has 0 aromatic heterocycles. The number of nitrogens with one attached hydrogen (secondary N) is 1. The summed E-state index contributed by atoms with van der Waals surface area (Å²) in [4.78, 5) is 11.3. The number of benzene rings is 1. The molecule has 0 aliphatic rings. The van der Waals surface area contributed by atoms with Crippen molar-refractivity contribution in [3.05, 3.63) is 28.5 Å². The topological polar surface area (TPSA) is 38.3 Å². The summed E-state index contributed by atoms with van der Waals surface area (Å²) in [7, 11) is 0. The molecule has 5 heteroatoms. The van der Waals surface area contributed by atoms with Gasteiger partial charge in [-0.05, 0) is 24.6 Å². The van der Waals surface area contributed by atoms with Gasteiger partial charge in [0.25, 0.3) is 0 Å². The number of halogens is 2. The quantitative estimate of drug-likeness (QED) is 0.647. The van der Waals surface area contributed by atoms with Crippen molar-refractivity contribution in [2.75, 3.05) is 18.5 Å². The first-order chi connectivity index (χ1) is 8.13. The first-order valence-corrected chi connectivity index (χ1v) is 6.27. The minimum Gasteiger partial charge on any atom is -0.464 e. The van der Waals surface area contributed by atoms with Gasteiger partial charge in [0.1, 0.15) is 12.4 Å². The van der Waals surface area contributed by atoms with Gasteiger partial charge in [0.15, 0.2) is 0 Å². The van der Waals surface area contributed by atoms with Crippen LogP contribution in [0.2, 0.25) is 0 Å². The van der Waals surface area contributed by atoms with E-state index in [-0.39, 0.29) is 12.5 Å². The third-order valence-corrected chi connectivity index (χ3v) is 2.61. The molecule has 17 heavy (non-hydrogen) atoms. The predicted molar refractivity (Wildman–Crippen MR) is 68.5 cm³/mol. The maximum absolute atomic E-state index is 13.4. The number of carbonyl (C=O) groups is 1. The average Bonchev–Trinajstić information content (AvgIpc) is 2.28. The largest absolute Gasteiger partial charge is 0.464 e. The fourth-order valence-electron chi connectivity index (χ4n) is 1.18. The number of hydrogen-bond acceptors (Lipinski definition) is 3. The Morgan fingerprint density at radius 1 is 1.53 bits per heavy atom. The van der Waals surface area contributed by atoms with Gasteiger partial charge in [-0.15, -0.1) is 0 Å². The van der Waals surface area contributed by atoms with Crippen molar-refractivity contribution in [3.8, 4) is 0 Å². The van der Waals surface area contributed by atoms with E-state index >= 15 is 0 Å². The molecule has 0 atom stereocenters. The molecule has 0 radical (unpaired) electrons. The number of ether oxygens (including phenoxy) is 1. The Labute approximate surface area is 108 Å². The molecule has 0 aliphatic carbocycles. The van der Waals surface area contributed by atoms with Gasteiger partial charge in [-0.2, -0.15) is 0 Å². The fraction of sp³-hybridized carbons (Fsp3) is 0.417. The molecule has 0 fully saturated rings. The number of anilines is 1. The lowest BCUT2D eigenvalue weighted by atomic mass is 10.3. The summed E-state index contributed by atoms with van der Waals surface area (Å²) < 4.78 is 19.0. The zero-order valence-corrected chi connectivity index (χ0v) is 11.2. The van der Waals surface area contributed by atoms with Gasteiger partial charge in [-0.1, -0.05) is 29.3 Å². The van der Waals surface area contributed by atoms with Gasteiger partial charge < -0.3 is 10.1 Å². The highest BCUT2D eigenvalue weighted by molar-refractivity contribution is 9.10. The Bertz CT molecular complexity index is 385. The number of hydrogen-bond donors (Lipinski definition) is 1. The number of esters is 1. The lowest BCUT2D eigenvalue weighted by Gasteiger charge is -2.08. The molecule has 1 aromatic carbocycles. The van der Waals surface area contributed by atoms with E-state index in [1.807, 2.05) is 6.92 Å². The average molecular weight is 304 g/mol. The third kappa shape index (κ3) is 5.17. The summed E-state index contributed by atoms with van der Waals surface area (Å²) in [5.74, 6) is -0.776. The Hall–Kier alpha value is -1.10. The van der Waals surface area contributed by atoms with E-state index in [1.54, 1.807) is 12.1 Å². The lowest BCUT2D eigenvalue weighted by Crippen LogP contribution is -2.17. The first kappa shape index (κ1) is 14.0. The van der Waals surface area contributed by atoms with Crippen LogP contribution in [0.4, 0.5) is 10.1 Å². The maximum atomic E-state index is 13.4. The Kier molecular flexibility index (Phi) is 5.97. The number of rotatable bonds is 6. The lowest BCUT2D eigenvalue weighted by molar-refractivity contribution is -0.141. The van der Waals surface area contributed by atoms with Crippen molar-refractivity contribution in [1.82, 2.24) is 0 Å². The summed E-state index contributed by atoms with van der Waals surface area (Å²) in [5, 5.41) is 2.70. The maximum Gasteiger partial charge on any atom is 0.325 e. The molecule has 0 saturated carbocycles. The van der Waals surface area contributed by atoms with Crippen LogP contribution in [0.5, 0.6) is 0 Å². The first-order valence-electron chi connectivity index (χ1n) is 5.48. The Balaban J connectivity index is 2.37. The molecule has 0 spiro atoms. The summed E-state index contributed by atoms with van der Waals surface area (Å²) >= 11 is 3.16. The Morgan fingerprint density at radius 3 is 2.94 bits per heavy atom. The van der Waals surface area contributed by atoms with E-state index in [0.717, 1.165) is 12.8 Å². The molecular formula is C12H15BrFNO2. The minimum absolute atomic E-state index is 0.0255. The number of unbranched alkanes of at least 4 members (excludes halogenated alkanes) is 1. The van der Waals surface area contributed by atoms with E-state index in [4.69, 9.17) is 4.74 Å². The second-order valence-corrected chi connectivity index (χ2v) is 4.47. The van der Waals surface area contributed by atoms with E-state index in [2.05, 4.69) is 21.2 Å². The van der Waals surface area contributed by atoms with Crippen molar-refractivity contribution >= 4 is 27.6 Å². The van der Waals surface area contributed by atoms with Crippen LogP contribution in [0, 0.1) is 5.82 Å². The zero-order chi connectivity index (χ0) is 12.7. The van der Waals surface area contributed by atoms with Crippen LogP contribution in [-0.2, 0) is 9.53 Å². The highest BCUT2D eigenvalue weighted by Crippen LogP contribution is 2.18. The van der Waals surface area contributed by atoms with E-state index < -0.39 is 5.82 Å². The zero-order valence-electron chi connectivity index (χ0n) is 9.63.